The highest BCUT2D eigenvalue weighted by Gasteiger charge is 2.20. The zero-order chi connectivity index (χ0) is 20.9. The van der Waals surface area contributed by atoms with E-state index in [1.165, 1.54) is 0 Å². The van der Waals surface area contributed by atoms with Gasteiger partial charge in [-0.25, -0.2) is 0 Å². The number of carbonyl (C=O) groups excluding carboxylic acids is 2. The largest absolute Gasteiger partial charge is 0.488 e. The fraction of sp³-hybridized carbons (Fsp3) is 0.136. The summed E-state index contributed by atoms with van der Waals surface area (Å²) in [5.41, 5.74) is 2.93. The maximum Gasteiger partial charge on any atom is 0.253 e. The molecule has 0 saturated heterocycles. The summed E-state index contributed by atoms with van der Waals surface area (Å²) in [5.74, 6) is 0.126. The second kappa shape index (κ2) is 8.84. The summed E-state index contributed by atoms with van der Waals surface area (Å²) < 4.78 is 5.77. The molecule has 4 rings (SSSR count). The number of hydrogen-bond donors (Lipinski definition) is 1. The van der Waals surface area contributed by atoms with Gasteiger partial charge in [-0.05, 0) is 42.0 Å². The van der Waals surface area contributed by atoms with Gasteiger partial charge < -0.3 is 10.1 Å². The van der Waals surface area contributed by atoms with Gasteiger partial charge in [-0.15, -0.1) is 0 Å². The predicted octanol–water partition coefficient (Wildman–Crippen LogP) is 3.80. The van der Waals surface area contributed by atoms with Crippen LogP contribution in [0.15, 0.2) is 66.2 Å². The highest BCUT2D eigenvalue weighted by atomic mass is 35.5. The normalized spacial score (nSPS) is 12.7. The van der Waals surface area contributed by atoms with E-state index in [1.807, 2.05) is 12.1 Å². The van der Waals surface area contributed by atoms with Gasteiger partial charge in [0.25, 0.3) is 5.91 Å². The lowest BCUT2D eigenvalue weighted by Crippen LogP contribution is -2.23. The number of fused-ring (bicyclic) bond motifs is 1. The van der Waals surface area contributed by atoms with Crippen molar-refractivity contribution in [3.63, 3.8) is 0 Å². The van der Waals surface area contributed by atoms with Crippen molar-refractivity contribution in [1.82, 2.24) is 15.3 Å². The average Bonchev–Trinajstić information content (AvgIpc) is 2.77. The van der Waals surface area contributed by atoms with E-state index >= 15 is 0 Å². The molecule has 3 aromatic rings. The van der Waals surface area contributed by atoms with Crippen LogP contribution in [0.5, 0.6) is 5.75 Å². The number of hydrogen-bond acceptors (Lipinski definition) is 6. The van der Waals surface area contributed by atoms with Gasteiger partial charge in [0.1, 0.15) is 12.4 Å². The molecule has 0 unspecified atom stereocenters. The van der Waals surface area contributed by atoms with Crippen molar-refractivity contribution in [2.75, 3.05) is 6.61 Å². The smallest absolute Gasteiger partial charge is 0.253 e. The molecule has 7 nitrogen and oxygen atoms in total. The number of ether oxygens (including phenoxy) is 1. The Morgan fingerprint density at radius 1 is 1.10 bits per heavy atom. The standard InChI is InChI=1S/C22H17ClN4O3/c23-19-2-1-16(10-18(19)22(29)26-11-14-3-6-24-7-4-14)30-13-15-9-21(28)17-5-8-25-12-20(17)27-15/h1-8,10,12H,9,11,13H2,(H,26,29). The maximum absolute atomic E-state index is 12.5. The van der Waals surface area contributed by atoms with Crippen molar-refractivity contribution >= 4 is 34.7 Å². The Labute approximate surface area is 177 Å². The molecule has 1 aromatic carbocycles. The molecule has 1 amide bonds. The summed E-state index contributed by atoms with van der Waals surface area (Å²) in [6.07, 6.45) is 6.64. The van der Waals surface area contributed by atoms with Crippen LogP contribution in [0.25, 0.3) is 0 Å². The molecule has 1 aliphatic heterocycles. The first-order valence-corrected chi connectivity index (χ1v) is 9.61. The molecule has 30 heavy (non-hydrogen) atoms. The van der Waals surface area contributed by atoms with E-state index in [0.717, 1.165) is 5.56 Å². The van der Waals surface area contributed by atoms with Gasteiger partial charge in [-0.1, -0.05) is 11.6 Å². The van der Waals surface area contributed by atoms with E-state index < -0.39 is 0 Å². The first-order valence-electron chi connectivity index (χ1n) is 9.23. The minimum atomic E-state index is -0.313. The van der Waals surface area contributed by atoms with Crippen molar-refractivity contribution in [3.8, 4) is 5.75 Å². The Balaban J connectivity index is 1.43. The summed E-state index contributed by atoms with van der Waals surface area (Å²) >= 11 is 6.20. The minimum Gasteiger partial charge on any atom is -0.488 e. The van der Waals surface area contributed by atoms with E-state index in [4.69, 9.17) is 16.3 Å². The van der Waals surface area contributed by atoms with Crippen LogP contribution in [0, 0.1) is 0 Å². The number of benzene rings is 1. The molecule has 0 spiro atoms. The van der Waals surface area contributed by atoms with Gasteiger partial charge in [0, 0.05) is 30.7 Å². The van der Waals surface area contributed by atoms with Crippen LogP contribution in [0.1, 0.15) is 32.7 Å². The molecule has 1 N–H and O–H groups in total. The highest BCUT2D eigenvalue weighted by molar-refractivity contribution is 6.33. The third kappa shape index (κ3) is 4.52. The minimum absolute atomic E-state index is 0.0201. The second-order valence-corrected chi connectivity index (χ2v) is 7.05. The maximum atomic E-state index is 12.5. The SMILES string of the molecule is O=C(NCc1ccncc1)c1cc(OCC2=Nc3cnccc3C(=O)C2)ccc1Cl. The monoisotopic (exact) mass is 420 g/mol. The number of Topliss-reactive ketones (excluding diaryl/α,β-unsaturated/α-hetero) is 1. The molecule has 0 aliphatic carbocycles. The van der Waals surface area contributed by atoms with Crippen molar-refractivity contribution in [3.05, 3.63) is 82.9 Å². The quantitative estimate of drug-likeness (QED) is 0.654. The predicted molar refractivity (Wildman–Crippen MR) is 113 cm³/mol. The number of carbonyl (C=O) groups is 2. The lowest BCUT2D eigenvalue weighted by atomic mass is 10.0. The number of nitrogens with one attached hydrogen (secondary N) is 1. The number of pyridine rings is 2. The number of halogens is 1. The molecule has 1 aliphatic rings. The Morgan fingerprint density at radius 3 is 2.73 bits per heavy atom. The number of rotatable bonds is 6. The van der Waals surface area contributed by atoms with Crippen LogP contribution >= 0.6 is 11.6 Å². The molecular weight excluding hydrogens is 404 g/mol. The topological polar surface area (TPSA) is 93.5 Å². The summed E-state index contributed by atoms with van der Waals surface area (Å²) in [5, 5.41) is 3.14. The van der Waals surface area contributed by atoms with Gasteiger partial charge in [0.15, 0.2) is 5.78 Å². The van der Waals surface area contributed by atoms with E-state index in [0.29, 0.717) is 39.8 Å². The third-order valence-electron chi connectivity index (χ3n) is 4.53. The summed E-state index contributed by atoms with van der Waals surface area (Å²) in [6.45, 7) is 0.481. The summed E-state index contributed by atoms with van der Waals surface area (Å²) in [6, 6.07) is 10.1. The van der Waals surface area contributed by atoms with E-state index in [1.54, 1.807) is 49.1 Å². The molecule has 2 aromatic heterocycles. The van der Waals surface area contributed by atoms with Crippen molar-refractivity contribution < 1.29 is 14.3 Å². The van der Waals surface area contributed by atoms with Crippen molar-refractivity contribution in [1.29, 1.82) is 0 Å². The molecule has 150 valence electrons. The van der Waals surface area contributed by atoms with Crippen LogP contribution in [0.3, 0.4) is 0 Å². The third-order valence-corrected chi connectivity index (χ3v) is 4.86. The van der Waals surface area contributed by atoms with Crippen LogP contribution in [0.4, 0.5) is 5.69 Å². The fourth-order valence-electron chi connectivity index (χ4n) is 3.00. The van der Waals surface area contributed by atoms with E-state index in [2.05, 4.69) is 20.3 Å². The number of ketones is 1. The average molecular weight is 421 g/mol. The Kier molecular flexibility index (Phi) is 5.81. The Hall–Kier alpha value is -3.58. The second-order valence-electron chi connectivity index (χ2n) is 6.64. The molecule has 0 bridgehead atoms. The van der Waals surface area contributed by atoms with Gasteiger partial charge in [-0.2, -0.15) is 0 Å². The van der Waals surface area contributed by atoms with E-state index in [9.17, 15) is 9.59 Å². The molecule has 3 heterocycles. The van der Waals surface area contributed by atoms with Crippen LogP contribution in [-0.4, -0.2) is 34.0 Å². The van der Waals surface area contributed by atoms with Gasteiger partial charge in [0.05, 0.1) is 34.6 Å². The van der Waals surface area contributed by atoms with Crippen LogP contribution < -0.4 is 10.1 Å². The van der Waals surface area contributed by atoms with Crippen molar-refractivity contribution in [2.24, 2.45) is 4.99 Å². The molecular formula is C22H17ClN4O3. The highest BCUT2D eigenvalue weighted by Crippen LogP contribution is 2.26. The molecule has 0 fully saturated rings. The molecule has 0 atom stereocenters. The van der Waals surface area contributed by atoms with Crippen molar-refractivity contribution in [2.45, 2.75) is 13.0 Å². The zero-order valence-corrected chi connectivity index (χ0v) is 16.6. The first kappa shape index (κ1) is 19.7. The number of nitrogens with zero attached hydrogens (tertiary/aromatic N) is 3. The van der Waals surface area contributed by atoms with Gasteiger partial charge >= 0.3 is 0 Å². The number of amides is 1. The number of aromatic nitrogens is 2. The fourth-order valence-corrected chi connectivity index (χ4v) is 3.20. The number of aliphatic imine (C=N–C) groups is 1. The van der Waals surface area contributed by atoms with Gasteiger partial charge in [-0.3, -0.25) is 24.5 Å². The first-order chi connectivity index (χ1) is 14.6. The lowest BCUT2D eigenvalue weighted by Gasteiger charge is -2.15. The molecule has 8 heteroatoms. The molecule has 0 saturated carbocycles. The van der Waals surface area contributed by atoms with E-state index in [-0.39, 0.29) is 24.7 Å². The Bertz CT molecular complexity index is 1130. The summed E-state index contributed by atoms with van der Waals surface area (Å²) in [4.78, 5) is 37.2. The summed E-state index contributed by atoms with van der Waals surface area (Å²) in [7, 11) is 0. The zero-order valence-electron chi connectivity index (χ0n) is 15.8. The van der Waals surface area contributed by atoms with Gasteiger partial charge in [0.2, 0.25) is 0 Å². The van der Waals surface area contributed by atoms with Crippen LogP contribution in [0.2, 0.25) is 5.02 Å². The lowest BCUT2D eigenvalue weighted by molar-refractivity contribution is 0.0949. The van der Waals surface area contributed by atoms with Crippen LogP contribution in [-0.2, 0) is 6.54 Å². The Morgan fingerprint density at radius 2 is 1.90 bits per heavy atom. The molecule has 0 radical (unpaired) electrons.